The third-order valence-corrected chi connectivity index (χ3v) is 4.39. The summed E-state index contributed by atoms with van der Waals surface area (Å²) in [6, 6.07) is 3.81. The lowest BCUT2D eigenvalue weighted by Gasteiger charge is -2.33. The van der Waals surface area contributed by atoms with E-state index >= 15 is 0 Å². The number of amides is 1. The van der Waals surface area contributed by atoms with Crippen molar-refractivity contribution in [2.24, 2.45) is 7.05 Å². The van der Waals surface area contributed by atoms with Crippen molar-refractivity contribution in [3.63, 3.8) is 0 Å². The van der Waals surface area contributed by atoms with Crippen LogP contribution in [0.25, 0.3) is 0 Å². The van der Waals surface area contributed by atoms with E-state index in [0.29, 0.717) is 39.1 Å². The SMILES string of the molecule is Cc1ccc(CCC(=O)N2CCO[C@H](CNc3nccn(C)c3=O)C2)o1. The number of carbonyl (C=O) groups is 1. The second-order valence-electron chi connectivity index (χ2n) is 6.42. The number of aryl methyl sites for hydroxylation is 3. The van der Waals surface area contributed by atoms with Gasteiger partial charge in [-0.15, -0.1) is 0 Å². The van der Waals surface area contributed by atoms with Crippen molar-refractivity contribution in [2.45, 2.75) is 25.9 Å². The summed E-state index contributed by atoms with van der Waals surface area (Å²) in [6.07, 6.45) is 4.00. The fraction of sp³-hybridized carbons (Fsp3) is 0.500. The van der Waals surface area contributed by atoms with E-state index in [1.54, 1.807) is 19.4 Å². The normalized spacial score (nSPS) is 17.3. The maximum Gasteiger partial charge on any atom is 0.293 e. The minimum Gasteiger partial charge on any atom is -0.466 e. The van der Waals surface area contributed by atoms with Gasteiger partial charge in [-0.1, -0.05) is 0 Å². The van der Waals surface area contributed by atoms with Crippen LogP contribution in [0.3, 0.4) is 0 Å². The van der Waals surface area contributed by atoms with Crippen LogP contribution in [0.2, 0.25) is 0 Å². The molecule has 2 aromatic heterocycles. The summed E-state index contributed by atoms with van der Waals surface area (Å²) < 4.78 is 12.7. The molecule has 0 spiro atoms. The number of rotatable bonds is 6. The molecule has 26 heavy (non-hydrogen) atoms. The van der Waals surface area contributed by atoms with Gasteiger partial charge >= 0.3 is 0 Å². The van der Waals surface area contributed by atoms with Gasteiger partial charge < -0.3 is 23.9 Å². The van der Waals surface area contributed by atoms with Crippen LogP contribution in [-0.2, 0) is 23.0 Å². The van der Waals surface area contributed by atoms with Crippen molar-refractivity contribution in [3.8, 4) is 0 Å². The van der Waals surface area contributed by atoms with E-state index in [-0.39, 0.29) is 23.4 Å². The molecule has 0 bridgehead atoms. The van der Waals surface area contributed by atoms with Gasteiger partial charge in [0.2, 0.25) is 5.91 Å². The molecular weight excluding hydrogens is 336 g/mol. The smallest absolute Gasteiger partial charge is 0.293 e. The second-order valence-corrected chi connectivity index (χ2v) is 6.42. The Labute approximate surface area is 151 Å². The number of morpholine rings is 1. The van der Waals surface area contributed by atoms with Crippen molar-refractivity contribution in [1.29, 1.82) is 0 Å². The molecular formula is C18H24N4O4. The minimum absolute atomic E-state index is 0.0844. The van der Waals surface area contributed by atoms with Gasteiger partial charge in [-0.25, -0.2) is 4.98 Å². The molecule has 3 rings (SSSR count). The molecule has 1 amide bonds. The van der Waals surface area contributed by atoms with Crippen molar-refractivity contribution >= 4 is 11.7 Å². The summed E-state index contributed by atoms with van der Waals surface area (Å²) in [7, 11) is 1.67. The molecule has 8 heteroatoms. The third-order valence-electron chi connectivity index (χ3n) is 4.39. The van der Waals surface area contributed by atoms with Crippen LogP contribution in [-0.4, -0.2) is 52.7 Å². The van der Waals surface area contributed by atoms with Crippen molar-refractivity contribution in [3.05, 3.63) is 46.4 Å². The van der Waals surface area contributed by atoms with Crippen molar-refractivity contribution < 1.29 is 13.9 Å². The molecule has 0 radical (unpaired) electrons. The van der Waals surface area contributed by atoms with Crippen molar-refractivity contribution in [2.75, 3.05) is 31.6 Å². The second kappa shape index (κ2) is 8.18. The Morgan fingerprint density at radius 1 is 1.42 bits per heavy atom. The maximum atomic E-state index is 12.4. The molecule has 0 saturated carbocycles. The first-order chi connectivity index (χ1) is 12.5. The van der Waals surface area contributed by atoms with Crippen LogP contribution >= 0.6 is 0 Å². The molecule has 0 unspecified atom stereocenters. The summed E-state index contributed by atoms with van der Waals surface area (Å²) in [4.78, 5) is 30.3. The highest BCUT2D eigenvalue weighted by Crippen LogP contribution is 2.12. The van der Waals surface area contributed by atoms with Gasteiger partial charge in [-0.3, -0.25) is 9.59 Å². The first-order valence-electron chi connectivity index (χ1n) is 8.73. The Kier molecular flexibility index (Phi) is 5.72. The zero-order valence-electron chi connectivity index (χ0n) is 15.1. The molecule has 1 N–H and O–H groups in total. The Balaban J connectivity index is 1.49. The van der Waals surface area contributed by atoms with E-state index in [1.807, 2.05) is 24.0 Å². The quantitative estimate of drug-likeness (QED) is 0.825. The van der Waals surface area contributed by atoms with E-state index < -0.39 is 0 Å². The minimum atomic E-state index is -0.190. The van der Waals surface area contributed by atoms with Gasteiger partial charge in [0.05, 0.1) is 12.7 Å². The highest BCUT2D eigenvalue weighted by atomic mass is 16.5. The number of nitrogens with one attached hydrogen (secondary N) is 1. The predicted molar refractivity (Wildman–Crippen MR) is 96.1 cm³/mol. The predicted octanol–water partition coefficient (Wildman–Crippen LogP) is 0.954. The summed E-state index contributed by atoms with van der Waals surface area (Å²) in [5.41, 5.74) is -0.190. The molecule has 0 aliphatic carbocycles. The number of furan rings is 1. The van der Waals surface area contributed by atoms with Crippen LogP contribution in [0, 0.1) is 6.92 Å². The number of carbonyl (C=O) groups excluding carboxylic acids is 1. The summed E-state index contributed by atoms with van der Waals surface area (Å²) in [5.74, 6) is 2.05. The Bertz CT molecular complexity index is 814. The Morgan fingerprint density at radius 3 is 3.04 bits per heavy atom. The molecule has 1 fully saturated rings. The van der Waals surface area contributed by atoms with E-state index in [2.05, 4.69) is 10.3 Å². The van der Waals surface area contributed by atoms with Gasteiger partial charge in [0.1, 0.15) is 11.5 Å². The molecule has 1 aliphatic rings. The molecule has 8 nitrogen and oxygen atoms in total. The van der Waals surface area contributed by atoms with E-state index in [4.69, 9.17) is 9.15 Å². The van der Waals surface area contributed by atoms with E-state index in [0.717, 1.165) is 11.5 Å². The first-order valence-corrected chi connectivity index (χ1v) is 8.73. The van der Waals surface area contributed by atoms with Crippen molar-refractivity contribution in [1.82, 2.24) is 14.5 Å². The van der Waals surface area contributed by atoms with Gasteiger partial charge in [-0.05, 0) is 19.1 Å². The number of anilines is 1. The molecule has 2 aromatic rings. The molecule has 1 atom stereocenters. The molecule has 3 heterocycles. The van der Waals surface area contributed by atoms with Gasteiger partial charge in [0, 0.05) is 51.9 Å². The zero-order valence-corrected chi connectivity index (χ0v) is 15.1. The summed E-state index contributed by atoms with van der Waals surface area (Å²) in [5, 5.41) is 3.02. The van der Waals surface area contributed by atoms with Crippen LogP contribution in [0.4, 0.5) is 5.82 Å². The van der Waals surface area contributed by atoms with Gasteiger partial charge in [-0.2, -0.15) is 0 Å². The maximum absolute atomic E-state index is 12.4. The lowest BCUT2D eigenvalue weighted by molar-refractivity contribution is -0.138. The van der Waals surface area contributed by atoms with Crippen LogP contribution in [0.5, 0.6) is 0 Å². The molecule has 1 saturated heterocycles. The zero-order chi connectivity index (χ0) is 18.5. The van der Waals surface area contributed by atoms with Gasteiger partial charge in [0.25, 0.3) is 5.56 Å². The number of aromatic nitrogens is 2. The monoisotopic (exact) mass is 360 g/mol. The number of hydrogen-bond donors (Lipinski definition) is 1. The van der Waals surface area contributed by atoms with Crippen LogP contribution < -0.4 is 10.9 Å². The summed E-state index contributed by atoms with van der Waals surface area (Å²) in [6.45, 7) is 3.87. The molecule has 140 valence electrons. The van der Waals surface area contributed by atoms with Gasteiger partial charge in [0.15, 0.2) is 5.82 Å². The third kappa shape index (κ3) is 4.51. The Hall–Kier alpha value is -2.61. The lowest BCUT2D eigenvalue weighted by Crippen LogP contribution is -2.48. The lowest BCUT2D eigenvalue weighted by atomic mass is 10.2. The topological polar surface area (TPSA) is 89.6 Å². The van der Waals surface area contributed by atoms with Crippen LogP contribution in [0.15, 0.2) is 33.7 Å². The first kappa shape index (κ1) is 18.2. The fourth-order valence-corrected chi connectivity index (χ4v) is 2.91. The molecule has 0 aromatic carbocycles. The Morgan fingerprint density at radius 2 is 2.27 bits per heavy atom. The average Bonchev–Trinajstić information content (AvgIpc) is 3.06. The van der Waals surface area contributed by atoms with E-state index in [1.165, 1.54) is 4.57 Å². The van der Waals surface area contributed by atoms with Crippen LogP contribution in [0.1, 0.15) is 17.9 Å². The number of nitrogens with zero attached hydrogens (tertiary/aromatic N) is 3. The summed E-state index contributed by atoms with van der Waals surface area (Å²) >= 11 is 0. The number of ether oxygens (including phenoxy) is 1. The highest BCUT2D eigenvalue weighted by Gasteiger charge is 2.24. The van der Waals surface area contributed by atoms with E-state index in [9.17, 15) is 9.59 Å². The fourth-order valence-electron chi connectivity index (χ4n) is 2.91. The largest absolute Gasteiger partial charge is 0.466 e. The molecule has 1 aliphatic heterocycles. The average molecular weight is 360 g/mol. The standard InChI is InChI=1S/C18H24N4O4/c1-13-3-4-14(26-13)5-6-16(23)22-9-10-25-15(12-22)11-20-17-18(24)21(2)8-7-19-17/h3-4,7-8,15H,5-6,9-12H2,1-2H3,(H,19,20)/t15-/m1/s1. The number of hydrogen-bond acceptors (Lipinski definition) is 6. The highest BCUT2D eigenvalue weighted by molar-refractivity contribution is 5.76.